The van der Waals surface area contributed by atoms with Crippen LogP contribution in [0.1, 0.15) is 32.6 Å². The lowest BCUT2D eigenvalue weighted by atomic mass is 10.1. The van der Waals surface area contributed by atoms with Crippen LogP contribution in [0.3, 0.4) is 0 Å². The number of rotatable bonds is 4. The molecule has 1 aliphatic rings. The van der Waals surface area contributed by atoms with Gasteiger partial charge in [-0.25, -0.2) is 15.0 Å². The predicted octanol–water partition coefficient (Wildman–Crippen LogP) is 1.01. The highest BCUT2D eigenvalue weighted by Gasteiger charge is 2.42. The topological polar surface area (TPSA) is 110 Å². The van der Waals surface area contributed by atoms with Crippen LogP contribution in [0.5, 0.6) is 0 Å². The summed E-state index contributed by atoms with van der Waals surface area (Å²) in [6.07, 6.45) is 0.363. The Balaban J connectivity index is 2.02. The van der Waals surface area contributed by atoms with Crippen LogP contribution in [0.2, 0.25) is 0 Å². The van der Waals surface area contributed by atoms with E-state index in [1.165, 1.54) is 18.0 Å². The second-order valence-corrected chi connectivity index (χ2v) is 6.80. The Kier molecular flexibility index (Phi) is 4.37. The van der Waals surface area contributed by atoms with Gasteiger partial charge in [-0.3, -0.25) is 9.78 Å². The highest BCUT2D eigenvalue weighted by Crippen LogP contribution is 2.37. The van der Waals surface area contributed by atoms with E-state index in [1.54, 1.807) is 13.8 Å². The van der Waals surface area contributed by atoms with E-state index in [1.807, 2.05) is 6.92 Å². The molecule has 0 aromatic carbocycles. The molecule has 0 unspecified atom stereocenters. The van der Waals surface area contributed by atoms with E-state index in [9.17, 15) is 9.90 Å². The van der Waals surface area contributed by atoms with Crippen molar-refractivity contribution < 1.29 is 14.6 Å². The summed E-state index contributed by atoms with van der Waals surface area (Å²) in [6.45, 7) is 5.27. The van der Waals surface area contributed by atoms with Crippen molar-refractivity contribution in [1.29, 1.82) is 0 Å². The molecule has 1 aliphatic heterocycles. The molecule has 0 aliphatic carbocycles. The minimum atomic E-state index is -0.832. The summed E-state index contributed by atoms with van der Waals surface area (Å²) in [5.41, 5.74) is 0.518. The fourth-order valence-corrected chi connectivity index (χ4v) is 3.06. The number of hydrogen-bond donors (Lipinski definition) is 2. The number of aromatic nitrogens is 4. The molecule has 0 bridgehead atoms. The molecule has 23 heavy (non-hydrogen) atoms. The molecule has 0 saturated carbocycles. The van der Waals surface area contributed by atoms with E-state index in [0.717, 1.165) is 5.75 Å². The third-order valence-corrected chi connectivity index (χ3v) is 4.11. The van der Waals surface area contributed by atoms with Gasteiger partial charge in [-0.1, -0.05) is 18.7 Å². The molecule has 1 fully saturated rings. The number of ether oxygens (including phenoxy) is 2. The number of nitrogens with zero attached hydrogens (tertiary/aromatic N) is 3. The first-order chi connectivity index (χ1) is 10.9. The number of aliphatic hydroxyl groups excluding tert-OH is 1. The van der Waals surface area contributed by atoms with Crippen molar-refractivity contribution in [2.45, 2.75) is 43.9 Å². The molecule has 2 aromatic heterocycles. The van der Waals surface area contributed by atoms with Crippen molar-refractivity contribution in [3.8, 4) is 0 Å². The van der Waals surface area contributed by atoms with Crippen LogP contribution in [0.25, 0.3) is 11.2 Å². The van der Waals surface area contributed by atoms with E-state index in [-0.39, 0.29) is 23.3 Å². The van der Waals surface area contributed by atoms with Gasteiger partial charge < -0.3 is 14.6 Å². The van der Waals surface area contributed by atoms with Crippen LogP contribution in [-0.4, -0.2) is 49.3 Å². The Morgan fingerprint density at radius 3 is 2.87 bits per heavy atom. The van der Waals surface area contributed by atoms with Crippen molar-refractivity contribution in [1.82, 2.24) is 19.9 Å². The zero-order chi connectivity index (χ0) is 16.6. The van der Waals surface area contributed by atoms with Crippen molar-refractivity contribution in [3.63, 3.8) is 0 Å². The second-order valence-electron chi connectivity index (χ2n) is 5.55. The summed E-state index contributed by atoms with van der Waals surface area (Å²) >= 11 is 1.43. The summed E-state index contributed by atoms with van der Waals surface area (Å²) < 4.78 is 11.4. The molecule has 3 heterocycles. The van der Waals surface area contributed by atoms with Gasteiger partial charge in [0.05, 0.1) is 18.5 Å². The predicted molar refractivity (Wildman–Crippen MR) is 84.2 cm³/mol. The van der Waals surface area contributed by atoms with Gasteiger partial charge in [0.15, 0.2) is 22.1 Å². The van der Waals surface area contributed by atoms with E-state index >= 15 is 0 Å². The monoisotopic (exact) mass is 338 g/mol. The number of hydrogen-bond acceptors (Lipinski definition) is 8. The minimum Gasteiger partial charge on any atom is -0.394 e. The van der Waals surface area contributed by atoms with E-state index in [4.69, 9.17) is 9.47 Å². The molecular weight excluding hydrogens is 320 g/mol. The van der Waals surface area contributed by atoms with Gasteiger partial charge in [0.25, 0.3) is 5.56 Å². The molecular formula is C14H18N4O4S. The third-order valence-electron chi connectivity index (χ3n) is 3.35. The zero-order valence-corrected chi connectivity index (χ0v) is 13.9. The van der Waals surface area contributed by atoms with Crippen LogP contribution >= 0.6 is 11.8 Å². The average Bonchev–Trinajstić information content (AvgIpc) is 2.82. The molecule has 2 atom stereocenters. The number of aliphatic hydroxyl groups is 1. The lowest BCUT2D eigenvalue weighted by Gasteiger charge is -2.16. The molecule has 124 valence electrons. The van der Waals surface area contributed by atoms with Gasteiger partial charge in [0.1, 0.15) is 12.2 Å². The van der Waals surface area contributed by atoms with Crippen LogP contribution in [-0.2, 0) is 9.47 Å². The van der Waals surface area contributed by atoms with Gasteiger partial charge in [-0.05, 0) is 19.6 Å². The standard InChI is InChI=1S/C14H18N4O4S/c1-4-23-13-17-11-9(12(20)18-13)16-7(5-15-11)10-8(6-19)21-14(2,3)22-10/h5,8,10,19H,4,6H2,1-3H3,(H,15,17,18,20)/t8-,10+/m1/s1. The normalized spacial score (nSPS) is 23.5. The Bertz CT molecular complexity index is 779. The highest BCUT2D eigenvalue weighted by atomic mass is 32.2. The molecule has 0 radical (unpaired) electrons. The lowest BCUT2D eigenvalue weighted by molar-refractivity contribution is -0.149. The first-order valence-corrected chi connectivity index (χ1v) is 8.28. The molecule has 9 heteroatoms. The zero-order valence-electron chi connectivity index (χ0n) is 13.1. The molecule has 0 amide bonds. The average molecular weight is 338 g/mol. The summed E-state index contributed by atoms with van der Waals surface area (Å²) in [5, 5.41) is 9.97. The lowest BCUT2D eigenvalue weighted by Crippen LogP contribution is -2.23. The van der Waals surface area contributed by atoms with Crippen molar-refractivity contribution in [3.05, 3.63) is 22.2 Å². The van der Waals surface area contributed by atoms with Gasteiger partial charge in [-0.2, -0.15) is 0 Å². The van der Waals surface area contributed by atoms with Crippen LogP contribution in [0, 0.1) is 0 Å². The molecule has 8 nitrogen and oxygen atoms in total. The highest BCUT2D eigenvalue weighted by molar-refractivity contribution is 7.99. The summed E-state index contributed by atoms with van der Waals surface area (Å²) in [6, 6.07) is 0. The Labute approximate surface area is 136 Å². The van der Waals surface area contributed by atoms with E-state index in [2.05, 4.69) is 19.9 Å². The maximum atomic E-state index is 12.2. The fourth-order valence-electron chi connectivity index (χ4n) is 2.47. The van der Waals surface area contributed by atoms with E-state index in [0.29, 0.717) is 10.9 Å². The largest absolute Gasteiger partial charge is 0.394 e. The fraction of sp³-hybridized carbons (Fsp3) is 0.571. The Morgan fingerprint density at radius 1 is 1.39 bits per heavy atom. The number of H-pyrrole nitrogens is 1. The van der Waals surface area contributed by atoms with E-state index < -0.39 is 18.0 Å². The van der Waals surface area contributed by atoms with Gasteiger partial charge in [-0.15, -0.1) is 0 Å². The first-order valence-electron chi connectivity index (χ1n) is 7.30. The van der Waals surface area contributed by atoms with Gasteiger partial charge in [0.2, 0.25) is 0 Å². The van der Waals surface area contributed by atoms with Crippen LogP contribution in [0.4, 0.5) is 0 Å². The maximum absolute atomic E-state index is 12.2. The number of thioether (sulfide) groups is 1. The smallest absolute Gasteiger partial charge is 0.279 e. The SMILES string of the molecule is CCSc1nc2ncc([C@@H]3OC(C)(C)O[C@@H]3CO)nc2c(=O)[nH]1. The number of aromatic amines is 1. The maximum Gasteiger partial charge on any atom is 0.279 e. The molecule has 2 N–H and O–H groups in total. The van der Waals surface area contributed by atoms with Gasteiger partial charge in [0, 0.05) is 0 Å². The third kappa shape index (κ3) is 3.23. The number of nitrogens with one attached hydrogen (secondary N) is 1. The summed E-state index contributed by atoms with van der Waals surface area (Å²) in [5.74, 6) is -0.0402. The van der Waals surface area contributed by atoms with Crippen molar-refractivity contribution in [2.75, 3.05) is 12.4 Å². The van der Waals surface area contributed by atoms with Crippen molar-refractivity contribution in [2.24, 2.45) is 0 Å². The Hall–Kier alpha value is -1.55. The first kappa shape index (κ1) is 16.3. The number of fused-ring (bicyclic) bond motifs is 1. The van der Waals surface area contributed by atoms with Crippen LogP contribution in [0.15, 0.2) is 16.1 Å². The molecule has 1 saturated heterocycles. The summed E-state index contributed by atoms with van der Waals surface area (Å²) in [7, 11) is 0. The quantitative estimate of drug-likeness (QED) is 0.628. The van der Waals surface area contributed by atoms with Gasteiger partial charge >= 0.3 is 0 Å². The van der Waals surface area contributed by atoms with Crippen LogP contribution < -0.4 is 5.56 Å². The second kappa shape index (κ2) is 6.16. The van der Waals surface area contributed by atoms with Crippen molar-refractivity contribution >= 4 is 22.9 Å². The minimum absolute atomic E-state index is 0.146. The molecule has 2 aromatic rings. The summed E-state index contributed by atoms with van der Waals surface area (Å²) in [4.78, 5) is 27.7. The molecule has 0 spiro atoms. The molecule has 3 rings (SSSR count). The Morgan fingerprint density at radius 2 is 2.17 bits per heavy atom.